The van der Waals surface area contributed by atoms with Gasteiger partial charge >= 0.3 is 0 Å². The molecular formula is C15H24. The number of allylic oxidation sites excluding steroid dienone is 1. The molecule has 0 aromatic heterocycles. The first-order valence-electron chi connectivity index (χ1n) is 5.74. The van der Waals surface area contributed by atoms with Crippen LogP contribution in [-0.2, 0) is 6.42 Å². The lowest BCUT2D eigenvalue weighted by Gasteiger charge is -1.97. The van der Waals surface area contributed by atoms with E-state index in [2.05, 4.69) is 51.6 Å². The first-order chi connectivity index (χ1) is 7.06. The maximum absolute atomic E-state index is 3.85. The van der Waals surface area contributed by atoms with Crippen LogP contribution in [0.5, 0.6) is 0 Å². The fraction of sp³-hybridized carbons (Fsp3) is 0.467. The van der Waals surface area contributed by atoms with E-state index in [-0.39, 0.29) is 0 Å². The summed E-state index contributed by atoms with van der Waals surface area (Å²) >= 11 is 0. The molecule has 0 heteroatoms. The lowest BCUT2D eigenvalue weighted by molar-refractivity contribution is 0.626. The largest absolute Gasteiger partial charge is 0.0998 e. The van der Waals surface area contributed by atoms with Crippen molar-refractivity contribution in [3.8, 4) is 0 Å². The van der Waals surface area contributed by atoms with Gasteiger partial charge in [0.25, 0.3) is 0 Å². The van der Waals surface area contributed by atoms with Gasteiger partial charge in [-0.1, -0.05) is 69.7 Å². The van der Waals surface area contributed by atoms with Gasteiger partial charge in [0.1, 0.15) is 0 Å². The Bertz CT molecular complexity index is 257. The minimum absolute atomic E-state index is 0.884. The predicted octanol–water partition coefficient (Wildman–Crippen LogP) is 4.86. The molecule has 0 saturated carbocycles. The Balaban J connectivity index is 0.000000336. The third-order valence-corrected chi connectivity index (χ3v) is 2.17. The van der Waals surface area contributed by atoms with Crippen molar-refractivity contribution >= 4 is 0 Å². The molecule has 0 radical (unpaired) electrons. The fourth-order valence-electron chi connectivity index (χ4n) is 0.944. The number of hydrogen-bond acceptors (Lipinski definition) is 0. The summed E-state index contributed by atoms with van der Waals surface area (Å²) in [4.78, 5) is 0. The number of hydrogen-bond donors (Lipinski definition) is 0. The van der Waals surface area contributed by atoms with Gasteiger partial charge in [0.2, 0.25) is 0 Å². The molecule has 15 heavy (non-hydrogen) atoms. The van der Waals surface area contributed by atoms with Gasteiger partial charge < -0.3 is 0 Å². The van der Waals surface area contributed by atoms with Crippen molar-refractivity contribution in [2.24, 2.45) is 5.92 Å². The van der Waals surface area contributed by atoms with E-state index >= 15 is 0 Å². The zero-order valence-corrected chi connectivity index (χ0v) is 10.6. The van der Waals surface area contributed by atoms with Gasteiger partial charge in [0, 0.05) is 0 Å². The molecule has 0 aliphatic heterocycles. The fourth-order valence-corrected chi connectivity index (χ4v) is 0.944. The highest BCUT2D eigenvalue weighted by Crippen LogP contribution is 2.04. The van der Waals surface area contributed by atoms with Crippen LogP contribution in [0, 0.1) is 5.92 Å². The Morgan fingerprint density at radius 3 is 2.00 bits per heavy atom. The number of benzene rings is 1. The third-order valence-electron chi connectivity index (χ3n) is 2.17. The third kappa shape index (κ3) is 9.27. The SMILES string of the molecule is C=C(C)Cc1ccccc1.CCC(C)C. The van der Waals surface area contributed by atoms with Gasteiger partial charge in [0.05, 0.1) is 0 Å². The van der Waals surface area contributed by atoms with Crippen molar-refractivity contribution in [2.45, 2.75) is 40.5 Å². The second-order valence-corrected chi connectivity index (χ2v) is 4.42. The van der Waals surface area contributed by atoms with E-state index in [1.807, 2.05) is 13.0 Å². The molecule has 0 atom stereocenters. The van der Waals surface area contributed by atoms with Crippen molar-refractivity contribution in [1.82, 2.24) is 0 Å². The average molecular weight is 204 g/mol. The van der Waals surface area contributed by atoms with E-state index in [1.54, 1.807) is 0 Å². The van der Waals surface area contributed by atoms with Crippen LogP contribution in [0.2, 0.25) is 0 Å². The Hall–Kier alpha value is -1.04. The van der Waals surface area contributed by atoms with E-state index in [9.17, 15) is 0 Å². The summed E-state index contributed by atoms with van der Waals surface area (Å²) in [5.74, 6) is 0.884. The highest BCUT2D eigenvalue weighted by molar-refractivity contribution is 5.19. The molecule has 0 fully saturated rings. The maximum Gasteiger partial charge on any atom is -0.00726 e. The van der Waals surface area contributed by atoms with Gasteiger partial charge in [0.15, 0.2) is 0 Å². The lowest BCUT2D eigenvalue weighted by atomic mass is 10.1. The van der Waals surface area contributed by atoms with E-state index in [0.29, 0.717) is 0 Å². The van der Waals surface area contributed by atoms with E-state index in [4.69, 9.17) is 0 Å². The summed E-state index contributed by atoms with van der Waals surface area (Å²) < 4.78 is 0. The second kappa shape index (κ2) is 8.28. The highest BCUT2D eigenvalue weighted by Gasteiger charge is 1.88. The average Bonchev–Trinajstić information content (AvgIpc) is 2.19. The molecule has 0 unspecified atom stereocenters. The molecule has 0 bridgehead atoms. The molecule has 0 amide bonds. The van der Waals surface area contributed by atoms with Crippen LogP contribution < -0.4 is 0 Å². The molecule has 1 rings (SSSR count). The van der Waals surface area contributed by atoms with Crippen LogP contribution >= 0.6 is 0 Å². The normalized spacial score (nSPS) is 9.40. The topological polar surface area (TPSA) is 0 Å². The number of rotatable bonds is 3. The van der Waals surface area contributed by atoms with Gasteiger partial charge in [-0.25, -0.2) is 0 Å². The molecule has 0 N–H and O–H groups in total. The van der Waals surface area contributed by atoms with Crippen molar-refractivity contribution in [3.05, 3.63) is 48.0 Å². The molecular weight excluding hydrogens is 180 g/mol. The molecule has 0 saturated heterocycles. The second-order valence-electron chi connectivity index (χ2n) is 4.42. The predicted molar refractivity (Wildman–Crippen MR) is 70.1 cm³/mol. The minimum Gasteiger partial charge on any atom is -0.0998 e. The van der Waals surface area contributed by atoms with Crippen molar-refractivity contribution in [2.75, 3.05) is 0 Å². The molecule has 84 valence electrons. The highest BCUT2D eigenvalue weighted by atomic mass is 13.9. The molecule has 0 aliphatic rings. The molecule has 1 aromatic rings. The standard InChI is InChI=1S/C10H12.C5H12/c1-9(2)8-10-6-4-3-5-7-10;1-4-5(2)3/h3-7H,1,8H2,2H3;5H,4H2,1-3H3. The smallest absolute Gasteiger partial charge is 0.00726 e. The molecule has 0 aliphatic carbocycles. The zero-order chi connectivity index (χ0) is 11.7. The van der Waals surface area contributed by atoms with Crippen molar-refractivity contribution < 1.29 is 0 Å². The Kier molecular flexibility index (Phi) is 7.71. The lowest BCUT2D eigenvalue weighted by Crippen LogP contribution is -1.82. The Labute approximate surface area is 95.0 Å². The summed E-state index contributed by atoms with van der Waals surface area (Å²) in [6.07, 6.45) is 2.31. The summed E-state index contributed by atoms with van der Waals surface area (Å²) in [6, 6.07) is 10.4. The molecule has 0 nitrogen and oxygen atoms in total. The van der Waals surface area contributed by atoms with Crippen LogP contribution in [0.4, 0.5) is 0 Å². The first-order valence-corrected chi connectivity index (χ1v) is 5.74. The van der Waals surface area contributed by atoms with Gasteiger partial charge in [-0.2, -0.15) is 0 Å². The summed E-state index contributed by atoms with van der Waals surface area (Å²) in [6.45, 7) is 12.5. The van der Waals surface area contributed by atoms with Crippen LogP contribution in [0.1, 0.15) is 39.7 Å². The van der Waals surface area contributed by atoms with Gasteiger partial charge in [-0.3, -0.25) is 0 Å². The van der Waals surface area contributed by atoms with E-state index < -0.39 is 0 Å². The summed E-state index contributed by atoms with van der Waals surface area (Å²) in [7, 11) is 0. The van der Waals surface area contributed by atoms with E-state index in [0.717, 1.165) is 12.3 Å². The quantitative estimate of drug-likeness (QED) is 0.617. The minimum atomic E-state index is 0.884. The van der Waals surface area contributed by atoms with Crippen LogP contribution in [0.15, 0.2) is 42.5 Å². The van der Waals surface area contributed by atoms with Gasteiger partial charge in [-0.15, -0.1) is 0 Å². The molecule has 1 aromatic carbocycles. The molecule has 0 heterocycles. The van der Waals surface area contributed by atoms with Crippen LogP contribution in [-0.4, -0.2) is 0 Å². The van der Waals surface area contributed by atoms with Crippen LogP contribution in [0.25, 0.3) is 0 Å². The zero-order valence-electron chi connectivity index (χ0n) is 10.6. The summed E-state index contributed by atoms with van der Waals surface area (Å²) in [5.41, 5.74) is 2.56. The monoisotopic (exact) mass is 204 g/mol. The van der Waals surface area contributed by atoms with Crippen LogP contribution in [0.3, 0.4) is 0 Å². The van der Waals surface area contributed by atoms with E-state index in [1.165, 1.54) is 17.6 Å². The Morgan fingerprint density at radius 2 is 1.67 bits per heavy atom. The molecule has 0 spiro atoms. The van der Waals surface area contributed by atoms with Crippen molar-refractivity contribution in [3.63, 3.8) is 0 Å². The Morgan fingerprint density at radius 1 is 1.20 bits per heavy atom. The van der Waals surface area contributed by atoms with Gasteiger partial charge in [-0.05, 0) is 24.8 Å². The van der Waals surface area contributed by atoms with Crippen molar-refractivity contribution in [1.29, 1.82) is 0 Å². The first kappa shape index (κ1) is 14.0. The summed E-state index contributed by atoms with van der Waals surface area (Å²) in [5, 5.41) is 0. The maximum atomic E-state index is 3.85.